The highest BCUT2D eigenvalue weighted by atomic mass is 32.1. The lowest BCUT2D eigenvalue weighted by molar-refractivity contribution is 0.0456. The summed E-state index contributed by atoms with van der Waals surface area (Å²) < 4.78 is 5.92. The largest absolute Gasteiger partial charge is 0.375 e. The molecule has 0 unspecified atom stereocenters. The van der Waals surface area contributed by atoms with E-state index in [2.05, 4.69) is 16.6 Å². The van der Waals surface area contributed by atoms with Crippen LogP contribution in [-0.4, -0.2) is 17.4 Å². The van der Waals surface area contributed by atoms with Gasteiger partial charge in [-0.3, -0.25) is 5.43 Å². The van der Waals surface area contributed by atoms with Gasteiger partial charge in [0.1, 0.15) is 0 Å². The average Bonchev–Trinajstić information content (AvgIpc) is 2.90. The number of nitrogens with one attached hydrogen (secondary N) is 1. The Bertz CT molecular complexity index is 456. The number of rotatable bonds is 5. The van der Waals surface area contributed by atoms with Gasteiger partial charge in [0.25, 0.3) is 0 Å². The Balaban J connectivity index is 1.94. The van der Waals surface area contributed by atoms with Crippen molar-refractivity contribution in [1.82, 2.24) is 5.43 Å². The van der Waals surface area contributed by atoms with E-state index in [0.717, 1.165) is 11.1 Å². The van der Waals surface area contributed by atoms with Crippen LogP contribution < -0.4 is 11.2 Å². The summed E-state index contributed by atoms with van der Waals surface area (Å²) >= 11 is 4.70. The molecule has 2 rings (SSSR count). The van der Waals surface area contributed by atoms with E-state index in [-0.39, 0.29) is 5.11 Å². The van der Waals surface area contributed by atoms with Crippen LogP contribution in [0.25, 0.3) is 0 Å². The fourth-order valence-electron chi connectivity index (χ4n) is 2.22. The fraction of sp³-hybridized carbons (Fsp3) is 0.429. The molecule has 0 aromatic heterocycles. The predicted molar refractivity (Wildman–Crippen MR) is 81.0 cm³/mol. The molecule has 1 aliphatic rings. The normalized spacial score (nSPS) is 16.0. The lowest BCUT2D eigenvalue weighted by Gasteiger charge is -2.12. The lowest BCUT2D eigenvalue weighted by Crippen LogP contribution is -2.24. The summed E-state index contributed by atoms with van der Waals surface area (Å²) in [5.41, 5.74) is 10.0. The molecule has 1 fully saturated rings. The zero-order valence-electron chi connectivity index (χ0n) is 10.8. The van der Waals surface area contributed by atoms with E-state index in [1.807, 2.05) is 18.2 Å². The molecule has 0 amide bonds. The molecule has 0 atom stereocenters. The topological polar surface area (TPSA) is 59.6 Å². The summed E-state index contributed by atoms with van der Waals surface area (Å²) in [4.78, 5) is 0. The zero-order valence-corrected chi connectivity index (χ0v) is 11.7. The third kappa shape index (κ3) is 4.61. The minimum absolute atomic E-state index is 0.163. The molecule has 1 saturated carbocycles. The molecule has 4 nitrogen and oxygen atoms in total. The smallest absolute Gasteiger partial charge is 0.184 e. The van der Waals surface area contributed by atoms with Crippen molar-refractivity contribution in [2.24, 2.45) is 10.8 Å². The third-order valence-electron chi connectivity index (χ3n) is 3.21. The molecule has 3 N–H and O–H groups in total. The molecule has 0 radical (unpaired) electrons. The highest BCUT2D eigenvalue weighted by Crippen LogP contribution is 2.22. The molecule has 102 valence electrons. The molecule has 1 aromatic carbocycles. The van der Waals surface area contributed by atoms with Crippen LogP contribution in [0.5, 0.6) is 0 Å². The van der Waals surface area contributed by atoms with Crippen molar-refractivity contribution in [3.05, 3.63) is 35.4 Å². The molecular formula is C14H19N3OS. The first-order valence-corrected chi connectivity index (χ1v) is 6.94. The average molecular weight is 277 g/mol. The SMILES string of the molecule is NC(=S)NN=Cc1ccccc1COC1CCCC1. The summed E-state index contributed by atoms with van der Waals surface area (Å²) in [6.07, 6.45) is 7.06. The Morgan fingerprint density at radius 1 is 1.42 bits per heavy atom. The Morgan fingerprint density at radius 3 is 2.89 bits per heavy atom. The standard InChI is InChI=1S/C14H19N3OS/c15-14(19)17-16-9-11-5-1-2-6-12(11)10-18-13-7-3-4-8-13/h1-2,5-6,9,13H,3-4,7-8,10H2,(H3,15,17,19). The number of hydrogen-bond acceptors (Lipinski definition) is 3. The van der Waals surface area contributed by atoms with Gasteiger partial charge in [0, 0.05) is 5.56 Å². The van der Waals surface area contributed by atoms with Crippen molar-refractivity contribution in [2.75, 3.05) is 0 Å². The van der Waals surface area contributed by atoms with Gasteiger partial charge in [-0.15, -0.1) is 0 Å². The molecule has 0 spiro atoms. The van der Waals surface area contributed by atoms with Crippen LogP contribution in [0.3, 0.4) is 0 Å². The number of nitrogens with two attached hydrogens (primary N) is 1. The van der Waals surface area contributed by atoms with Crippen molar-refractivity contribution in [3.8, 4) is 0 Å². The van der Waals surface area contributed by atoms with Gasteiger partial charge >= 0.3 is 0 Å². The van der Waals surface area contributed by atoms with Gasteiger partial charge in [-0.05, 0) is 30.6 Å². The minimum Gasteiger partial charge on any atom is -0.375 e. The Hall–Kier alpha value is -1.46. The quantitative estimate of drug-likeness (QED) is 0.492. The molecule has 0 aliphatic heterocycles. The van der Waals surface area contributed by atoms with E-state index in [4.69, 9.17) is 22.7 Å². The first kappa shape index (κ1) is 14.0. The van der Waals surface area contributed by atoms with Crippen LogP contribution in [0, 0.1) is 0 Å². The van der Waals surface area contributed by atoms with E-state index in [1.54, 1.807) is 6.21 Å². The maximum absolute atomic E-state index is 5.92. The van der Waals surface area contributed by atoms with E-state index in [9.17, 15) is 0 Å². The van der Waals surface area contributed by atoms with Gasteiger partial charge in [-0.2, -0.15) is 5.10 Å². The van der Waals surface area contributed by atoms with Crippen LogP contribution in [0.2, 0.25) is 0 Å². The summed E-state index contributed by atoms with van der Waals surface area (Å²) in [5, 5.41) is 4.15. The second kappa shape index (κ2) is 7.21. The number of nitrogens with zero attached hydrogens (tertiary/aromatic N) is 1. The maximum Gasteiger partial charge on any atom is 0.184 e. The zero-order chi connectivity index (χ0) is 13.5. The first-order chi connectivity index (χ1) is 9.25. The summed E-state index contributed by atoms with van der Waals surface area (Å²) in [5.74, 6) is 0. The van der Waals surface area contributed by atoms with Crippen molar-refractivity contribution in [2.45, 2.75) is 38.4 Å². The number of benzene rings is 1. The molecule has 0 bridgehead atoms. The van der Waals surface area contributed by atoms with Gasteiger partial charge in [-0.25, -0.2) is 0 Å². The van der Waals surface area contributed by atoms with Crippen LogP contribution in [-0.2, 0) is 11.3 Å². The second-order valence-corrected chi connectivity index (χ2v) is 5.09. The highest BCUT2D eigenvalue weighted by Gasteiger charge is 2.15. The lowest BCUT2D eigenvalue weighted by atomic mass is 10.1. The van der Waals surface area contributed by atoms with Crippen molar-refractivity contribution >= 4 is 23.5 Å². The minimum atomic E-state index is 0.163. The Morgan fingerprint density at radius 2 is 2.16 bits per heavy atom. The van der Waals surface area contributed by atoms with Crippen molar-refractivity contribution in [3.63, 3.8) is 0 Å². The molecule has 1 aromatic rings. The van der Waals surface area contributed by atoms with E-state index in [0.29, 0.717) is 12.7 Å². The number of ether oxygens (including phenoxy) is 1. The molecule has 19 heavy (non-hydrogen) atoms. The molecule has 5 heteroatoms. The van der Waals surface area contributed by atoms with Crippen LogP contribution >= 0.6 is 12.2 Å². The molecule has 0 saturated heterocycles. The number of thiocarbonyl (C=S) groups is 1. The van der Waals surface area contributed by atoms with Gasteiger partial charge in [0.2, 0.25) is 0 Å². The maximum atomic E-state index is 5.92. The Labute approximate surface area is 119 Å². The van der Waals surface area contributed by atoms with E-state index in [1.165, 1.54) is 25.7 Å². The molecule has 1 aliphatic carbocycles. The van der Waals surface area contributed by atoms with Crippen LogP contribution in [0.4, 0.5) is 0 Å². The number of hydrazone groups is 1. The van der Waals surface area contributed by atoms with Crippen molar-refractivity contribution in [1.29, 1.82) is 0 Å². The number of hydrogen-bond donors (Lipinski definition) is 2. The third-order valence-corrected chi connectivity index (χ3v) is 3.30. The molecule has 0 heterocycles. The van der Waals surface area contributed by atoms with Gasteiger partial charge < -0.3 is 10.5 Å². The van der Waals surface area contributed by atoms with Gasteiger partial charge in [-0.1, -0.05) is 37.1 Å². The predicted octanol–water partition coefficient (Wildman–Crippen LogP) is 2.31. The molecular weight excluding hydrogens is 258 g/mol. The Kier molecular flexibility index (Phi) is 5.30. The monoisotopic (exact) mass is 277 g/mol. The van der Waals surface area contributed by atoms with E-state index >= 15 is 0 Å². The van der Waals surface area contributed by atoms with Gasteiger partial charge in [0.15, 0.2) is 5.11 Å². The van der Waals surface area contributed by atoms with Crippen LogP contribution in [0.15, 0.2) is 29.4 Å². The van der Waals surface area contributed by atoms with Crippen LogP contribution in [0.1, 0.15) is 36.8 Å². The summed E-state index contributed by atoms with van der Waals surface area (Å²) in [6, 6.07) is 8.03. The summed E-state index contributed by atoms with van der Waals surface area (Å²) in [6.45, 7) is 0.625. The first-order valence-electron chi connectivity index (χ1n) is 6.54. The summed E-state index contributed by atoms with van der Waals surface area (Å²) in [7, 11) is 0. The van der Waals surface area contributed by atoms with Gasteiger partial charge in [0.05, 0.1) is 18.9 Å². The van der Waals surface area contributed by atoms with E-state index < -0.39 is 0 Å². The second-order valence-electron chi connectivity index (χ2n) is 4.65. The highest BCUT2D eigenvalue weighted by molar-refractivity contribution is 7.80. The fourth-order valence-corrected chi connectivity index (χ4v) is 2.27. The van der Waals surface area contributed by atoms with Crippen molar-refractivity contribution < 1.29 is 4.74 Å².